The molecule has 0 aliphatic heterocycles. The summed E-state index contributed by atoms with van der Waals surface area (Å²) < 4.78 is 2.09. The first-order valence-corrected chi connectivity index (χ1v) is 5.27. The number of aryl methyl sites for hydroxylation is 1. The minimum absolute atomic E-state index is 0.0184. The third-order valence-corrected chi connectivity index (χ3v) is 3.00. The quantitative estimate of drug-likeness (QED) is 0.757. The van der Waals surface area contributed by atoms with Crippen molar-refractivity contribution in [1.29, 1.82) is 0 Å². The molecule has 1 aliphatic carbocycles. The van der Waals surface area contributed by atoms with Gasteiger partial charge in [-0.3, -0.25) is 0 Å². The normalized spacial score (nSPS) is 19.0. The lowest BCUT2D eigenvalue weighted by Gasteiger charge is -2.38. The lowest BCUT2D eigenvalue weighted by Crippen LogP contribution is -2.52. The summed E-state index contributed by atoms with van der Waals surface area (Å²) in [7, 11) is 0. The maximum atomic E-state index is 6.11. The van der Waals surface area contributed by atoms with E-state index in [4.69, 9.17) is 5.73 Å². The molecule has 1 aromatic heterocycles. The van der Waals surface area contributed by atoms with Crippen molar-refractivity contribution >= 4 is 5.95 Å². The zero-order valence-electron chi connectivity index (χ0n) is 8.66. The first-order chi connectivity index (χ1) is 6.73. The molecule has 1 fully saturated rings. The smallest absolute Gasteiger partial charge is 0.202 e. The molecule has 0 unspecified atom stereocenters. The Morgan fingerprint density at radius 3 is 3.00 bits per heavy atom. The van der Waals surface area contributed by atoms with E-state index in [2.05, 4.69) is 21.8 Å². The number of rotatable bonds is 4. The van der Waals surface area contributed by atoms with E-state index in [-0.39, 0.29) is 5.54 Å². The molecule has 1 saturated carbocycles. The summed E-state index contributed by atoms with van der Waals surface area (Å²) in [5.41, 5.74) is 6.13. The Bertz CT molecular complexity index is 301. The van der Waals surface area contributed by atoms with Crippen LogP contribution < -0.4 is 11.1 Å². The molecular weight excluding hydrogens is 176 g/mol. The fourth-order valence-electron chi connectivity index (χ4n) is 1.79. The lowest BCUT2D eigenvalue weighted by atomic mass is 9.78. The second-order valence-corrected chi connectivity index (χ2v) is 4.11. The van der Waals surface area contributed by atoms with E-state index in [0.717, 1.165) is 31.9 Å². The van der Waals surface area contributed by atoms with E-state index in [1.165, 1.54) is 6.42 Å². The standard InChI is InChI=1S/C10H18N4/c1-2-14-7-6-12-9(14)13-8-10(11)4-3-5-10/h6-7H,2-5,8,11H2,1H3,(H,12,13). The molecule has 78 valence electrons. The fourth-order valence-corrected chi connectivity index (χ4v) is 1.79. The van der Waals surface area contributed by atoms with Gasteiger partial charge < -0.3 is 15.6 Å². The molecule has 4 nitrogen and oxygen atoms in total. The average molecular weight is 194 g/mol. The number of imidazole rings is 1. The molecule has 3 N–H and O–H groups in total. The van der Waals surface area contributed by atoms with E-state index in [0.29, 0.717) is 0 Å². The van der Waals surface area contributed by atoms with Crippen molar-refractivity contribution in [3.8, 4) is 0 Å². The molecule has 2 rings (SSSR count). The Hall–Kier alpha value is -1.03. The Kier molecular flexibility index (Phi) is 2.46. The van der Waals surface area contributed by atoms with Crippen molar-refractivity contribution in [1.82, 2.24) is 9.55 Å². The fraction of sp³-hybridized carbons (Fsp3) is 0.700. The molecule has 14 heavy (non-hydrogen) atoms. The summed E-state index contributed by atoms with van der Waals surface area (Å²) in [6, 6.07) is 0. The van der Waals surface area contributed by atoms with Crippen molar-refractivity contribution in [2.75, 3.05) is 11.9 Å². The molecule has 0 radical (unpaired) electrons. The number of anilines is 1. The minimum atomic E-state index is 0.0184. The van der Waals surface area contributed by atoms with E-state index in [1.54, 1.807) is 0 Å². The molecular formula is C10H18N4. The third kappa shape index (κ3) is 1.75. The summed E-state index contributed by atoms with van der Waals surface area (Å²) in [4.78, 5) is 4.24. The van der Waals surface area contributed by atoms with Gasteiger partial charge in [-0.25, -0.2) is 4.98 Å². The van der Waals surface area contributed by atoms with Crippen molar-refractivity contribution in [3.05, 3.63) is 12.4 Å². The Balaban J connectivity index is 1.91. The first kappa shape index (κ1) is 9.52. The van der Waals surface area contributed by atoms with Gasteiger partial charge in [0, 0.05) is 31.0 Å². The highest BCUT2D eigenvalue weighted by atomic mass is 15.2. The van der Waals surface area contributed by atoms with Crippen molar-refractivity contribution in [2.24, 2.45) is 5.73 Å². The van der Waals surface area contributed by atoms with Crippen LogP contribution in [0, 0.1) is 0 Å². The summed E-state index contributed by atoms with van der Waals surface area (Å²) in [5, 5.41) is 3.31. The highest BCUT2D eigenvalue weighted by Gasteiger charge is 2.32. The molecule has 4 heteroatoms. The van der Waals surface area contributed by atoms with Crippen LogP contribution in [0.2, 0.25) is 0 Å². The zero-order chi connectivity index (χ0) is 10.0. The summed E-state index contributed by atoms with van der Waals surface area (Å²) in [6.07, 6.45) is 7.32. The molecule has 0 amide bonds. The van der Waals surface area contributed by atoms with Crippen LogP contribution in [0.4, 0.5) is 5.95 Å². The van der Waals surface area contributed by atoms with Gasteiger partial charge in [0.2, 0.25) is 5.95 Å². The topological polar surface area (TPSA) is 55.9 Å². The molecule has 1 aliphatic rings. The van der Waals surface area contributed by atoms with Crippen LogP contribution in [0.3, 0.4) is 0 Å². The van der Waals surface area contributed by atoms with Crippen LogP contribution in [0.15, 0.2) is 12.4 Å². The molecule has 0 saturated heterocycles. The van der Waals surface area contributed by atoms with Crippen molar-refractivity contribution in [3.63, 3.8) is 0 Å². The SMILES string of the molecule is CCn1ccnc1NCC1(N)CCC1. The Labute approximate surface area is 84.5 Å². The maximum Gasteiger partial charge on any atom is 0.202 e. The van der Waals surface area contributed by atoms with Gasteiger partial charge in [0.25, 0.3) is 0 Å². The monoisotopic (exact) mass is 194 g/mol. The number of hydrogen-bond acceptors (Lipinski definition) is 3. The largest absolute Gasteiger partial charge is 0.354 e. The summed E-state index contributed by atoms with van der Waals surface area (Å²) in [6.45, 7) is 3.89. The molecule has 0 atom stereocenters. The number of nitrogens with zero attached hydrogens (tertiary/aromatic N) is 2. The van der Waals surface area contributed by atoms with Gasteiger partial charge in [-0.1, -0.05) is 0 Å². The van der Waals surface area contributed by atoms with Crippen LogP contribution in [-0.4, -0.2) is 21.6 Å². The number of nitrogens with two attached hydrogens (primary N) is 1. The van der Waals surface area contributed by atoms with E-state index in [9.17, 15) is 0 Å². The van der Waals surface area contributed by atoms with E-state index < -0.39 is 0 Å². The predicted molar refractivity (Wildman–Crippen MR) is 57.2 cm³/mol. The van der Waals surface area contributed by atoms with Gasteiger partial charge in [0.05, 0.1) is 0 Å². The van der Waals surface area contributed by atoms with Gasteiger partial charge in [0.15, 0.2) is 0 Å². The van der Waals surface area contributed by atoms with Crippen molar-refractivity contribution < 1.29 is 0 Å². The Morgan fingerprint density at radius 1 is 1.64 bits per heavy atom. The summed E-state index contributed by atoms with van der Waals surface area (Å²) in [5.74, 6) is 0.934. The molecule has 1 aromatic rings. The highest BCUT2D eigenvalue weighted by Crippen LogP contribution is 2.28. The lowest BCUT2D eigenvalue weighted by molar-refractivity contribution is 0.265. The molecule has 1 heterocycles. The number of hydrogen-bond donors (Lipinski definition) is 2. The van der Waals surface area contributed by atoms with Gasteiger partial charge >= 0.3 is 0 Å². The average Bonchev–Trinajstić information content (AvgIpc) is 2.58. The second-order valence-electron chi connectivity index (χ2n) is 4.11. The van der Waals surface area contributed by atoms with Crippen LogP contribution in [-0.2, 0) is 6.54 Å². The first-order valence-electron chi connectivity index (χ1n) is 5.27. The van der Waals surface area contributed by atoms with Crippen LogP contribution in [0.1, 0.15) is 26.2 Å². The van der Waals surface area contributed by atoms with Crippen LogP contribution >= 0.6 is 0 Å². The minimum Gasteiger partial charge on any atom is -0.354 e. The molecule has 0 aromatic carbocycles. The predicted octanol–water partition coefficient (Wildman–Crippen LogP) is 1.20. The van der Waals surface area contributed by atoms with Gasteiger partial charge in [-0.15, -0.1) is 0 Å². The Morgan fingerprint density at radius 2 is 2.43 bits per heavy atom. The highest BCUT2D eigenvalue weighted by molar-refractivity contribution is 5.27. The van der Waals surface area contributed by atoms with E-state index in [1.807, 2.05) is 12.4 Å². The van der Waals surface area contributed by atoms with Crippen LogP contribution in [0.25, 0.3) is 0 Å². The van der Waals surface area contributed by atoms with Crippen LogP contribution in [0.5, 0.6) is 0 Å². The zero-order valence-corrected chi connectivity index (χ0v) is 8.66. The van der Waals surface area contributed by atoms with Gasteiger partial charge in [0.1, 0.15) is 0 Å². The van der Waals surface area contributed by atoms with E-state index >= 15 is 0 Å². The van der Waals surface area contributed by atoms with Crippen molar-refractivity contribution in [2.45, 2.75) is 38.3 Å². The number of nitrogens with one attached hydrogen (secondary N) is 1. The third-order valence-electron chi connectivity index (χ3n) is 3.00. The molecule has 0 bridgehead atoms. The molecule has 0 spiro atoms. The maximum absolute atomic E-state index is 6.11. The van der Waals surface area contributed by atoms with Gasteiger partial charge in [-0.2, -0.15) is 0 Å². The summed E-state index contributed by atoms with van der Waals surface area (Å²) >= 11 is 0. The number of aromatic nitrogens is 2. The second kappa shape index (κ2) is 3.61. The van der Waals surface area contributed by atoms with Gasteiger partial charge in [-0.05, 0) is 26.2 Å².